The van der Waals surface area contributed by atoms with E-state index in [4.69, 9.17) is 4.74 Å². The van der Waals surface area contributed by atoms with Crippen LogP contribution in [0.5, 0.6) is 5.75 Å². The SMILES string of the molecule is COc1ccc(N(CC(=O)N(Cc2ccc(F)cc2)C(Cc2ccccc2)C(=O)NC(C)C)S(=O)(=O)c2ccc(C)c([N+](=O)[O-])c2)cc1. The first-order valence-corrected chi connectivity index (χ1v) is 16.5. The zero-order valence-corrected chi connectivity index (χ0v) is 27.8. The highest BCUT2D eigenvalue weighted by Gasteiger charge is 2.35. The lowest BCUT2D eigenvalue weighted by atomic mass is 10.0. The van der Waals surface area contributed by atoms with E-state index in [9.17, 15) is 32.5 Å². The molecule has 252 valence electrons. The molecule has 0 radical (unpaired) electrons. The standard InChI is InChI=1S/C35H37FN4O7S/c1-24(2)37-35(42)33(20-26-8-6-5-7-9-26)38(22-27-11-13-28(36)14-12-27)34(41)23-39(29-15-17-30(47-4)18-16-29)48(45,46)31-19-10-25(3)32(21-31)40(43)44/h5-19,21,24,33H,20,22-23H2,1-4H3,(H,37,42). The molecular formula is C35H37FN4O7S. The number of aryl methyl sites for hydroxylation is 1. The summed E-state index contributed by atoms with van der Waals surface area (Å²) in [6.45, 7) is 4.14. The van der Waals surface area contributed by atoms with Crippen LogP contribution in [0.15, 0.2) is 102 Å². The summed E-state index contributed by atoms with van der Waals surface area (Å²) in [7, 11) is -3.14. The van der Waals surface area contributed by atoms with Crippen LogP contribution in [0.4, 0.5) is 15.8 Å². The molecule has 4 rings (SSSR count). The highest BCUT2D eigenvalue weighted by atomic mass is 32.2. The van der Waals surface area contributed by atoms with Crippen LogP contribution >= 0.6 is 0 Å². The van der Waals surface area contributed by atoms with E-state index in [-0.39, 0.29) is 30.3 Å². The number of carbonyl (C=O) groups excluding carboxylic acids is 2. The molecule has 0 fully saturated rings. The fourth-order valence-corrected chi connectivity index (χ4v) is 6.51. The maximum absolute atomic E-state index is 14.5. The van der Waals surface area contributed by atoms with Crippen LogP contribution in [-0.2, 0) is 32.6 Å². The minimum absolute atomic E-state index is 0.0837. The van der Waals surface area contributed by atoms with Gasteiger partial charge in [-0.2, -0.15) is 0 Å². The molecule has 0 bridgehead atoms. The molecular weight excluding hydrogens is 639 g/mol. The average Bonchev–Trinajstić information content (AvgIpc) is 3.06. The van der Waals surface area contributed by atoms with Crippen molar-refractivity contribution in [2.24, 2.45) is 0 Å². The Labute approximate surface area is 279 Å². The predicted molar refractivity (Wildman–Crippen MR) is 180 cm³/mol. The summed E-state index contributed by atoms with van der Waals surface area (Å²) in [5, 5.41) is 14.6. The number of carbonyl (C=O) groups is 2. The molecule has 1 N–H and O–H groups in total. The topological polar surface area (TPSA) is 139 Å². The van der Waals surface area contributed by atoms with Gasteiger partial charge < -0.3 is 15.0 Å². The molecule has 2 amide bonds. The summed E-state index contributed by atoms with van der Waals surface area (Å²) < 4.78 is 48.4. The molecule has 0 aliphatic rings. The van der Waals surface area contributed by atoms with Crippen molar-refractivity contribution in [3.63, 3.8) is 0 Å². The van der Waals surface area contributed by atoms with E-state index in [1.165, 1.54) is 79.6 Å². The van der Waals surface area contributed by atoms with Crippen LogP contribution in [0.25, 0.3) is 0 Å². The van der Waals surface area contributed by atoms with Gasteiger partial charge in [-0.15, -0.1) is 0 Å². The Balaban J connectivity index is 1.84. The number of nitrogens with zero attached hydrogens (tertiary/aromatic N) is 3. The van der Waals surface area contributed by atoms with Crippen LogP contribution in [-0.4, -0.2) is 55.8 Å². The summed E-state index contributed by atoms with van der Waals surface area (Å²) in [4.78, 5) is 40.1. The van der Waals surface area contributed by atoms with Crippen molar-refractivity contribution >= 4 is 33.2 Å². The molecule has 0 heterocycles. The lowest BCUT2D eigenvalue weighted by Gasteiger charge is -2.34. The van der Waals surface area contributed by atoms with E-state index >= 15 is 0 Å². The van der Waals surface area contributed by atoms with Crippen molar-refractivity contribution in [3.05, 3.63) is 130 Å². The third-order valence-corrected chi connectivity index (χ3v) is 9.34. The smallest absolute Gasteiger partial charge is 0.273 e. The van der Waals surface area contributed by atoms with Crippen LogP contribution in [0.3, 0.4) is 0 Å². The first kappa shape index (κ1) is 35.6. The summed E-state index contributed by atoms with van der Waals surface area (Å²) in [5.74, 6) is -1.25. The lowest BCUT2D eigenvalue weighted by molar-refractivity contribution is -0.385. The van der Waals surface area contributed by atoms with Gasteiger partial charge in [0.05, 0.1) is 22.6 Å². The van der Waals surface area contributed by atoms with Crippen molar-refractivity contribution in [1.29, 1.82) is 0 Å². The number of amides is 2. The molecule has 13 heteroatoms. The summed E-state index contributed by atoms with van der Waals surface area (Å²) >= 11 is 0. The van der Waals surface area contributed by atoms with E-state index in [1.54, 1.807) is 26.0 Å². The van der Waals surface area contributed by atoms with Gasteiger partial charge in [-0.3, -0.25) is 24.0 Å². The van der Waals surface area contributed by atoms with Crippen molar-refractivity contribution in [2.45, 2.75) is 50.7 Å². The van der Waals surface area contributed by atoms with Crippen molar-refractivity contribution in [2.75, 3.05) is 18.0 Å². The second kappa shape index (κ2) is 15.5. The average molecular weight is 677 g/mol. The summed E-state index contributed by atoms with van der Waals surface area (Å²) in [6.07, 6.45) is 0.103. The second-order valence-corrected chi connectivity index (χ2v) is 13.3. The number of benzene rings is 4. The minimum atomic E-state index is -4.59. The van der Waals surface area contributed by atoms with E-state index in [0.29, 0.717) is 11.3 Å². The molecule has 1 unspecified atom stereocenters. The Bertz CT molecular complexity index is 1850. The Morgan fingerprint density at radius 3 is 2.17 bits per heavy atom. The van der Waals surface area contributed by atoms with Crippen molar-refractivity contribution < 1.29 is 32.1 Å². The maximum Gasteiger partial charge on any atom is 0.273 e. The van der Waals surface area contributed by atoms with Gasteiger partial charge in [0.15, 0.2) is 0 Å². The molecule has 0 saturated carbocycles. The second-order valence-electron chi connectivity index (χ2n) is 11.4. The zero-order valence-electron chi connectivity index (χ0n) is 27.0. The van der Waals surface area contributed by atoms with Crippen LogP contribution in [0.1, 0.15) is 30.5 Å². The fourth-order valence-electron chi connectivity index (χ4n) is 5.07. The number of nitrogens with one attached hydrogen (secondary N) is 1. The Morgan fingerprint density at radius 1 is 0.938 bits per heavy atom. The Kier molecular flexibility index (Phi) is 11.5. The van der Waals surface area contributed by atoms with Crippen LogP contribution < -0.4 is 14.4 Å². The first-order chi connectivity index (χ1) is 22.8. The maximum atomic E-state index is 14.5. The summed E-state index contributed by atoms with van der Waals surface area (Å²) in [6, 6.07) is 22.6. The molecule has 0 aliphatic heterocycles. The van der Waals surface area contributed by atoms with Gasteiger partial charge in [-0.25, -0.2) is 12.8 Å². The number of nitro benzene ring substituents is 1. The third kappa shape index (κ3) is 8.73. The number of halogens is 1. The Morgan fingerprint density at radius 2 is 1.58 bits per heavy atom. The number of ether oxygens (including phenoxy) is 1. The van der Waals surface area contributed by atoms with E-state index in [0.717, 1.165) is 15.9 Å². The molecule has 1 atom stereocenters. The third-order valence-electron chi connectivity index (χ3n) is 7.57. The number of sulfonamides is 1. The van der Waals surface area contributed by atoms with E-state index in [2.05, 4.69) is 5.32 Å². The molecule has 0 aromatic heterocycles. The van der Waals surface area contributed by atoms with E-state index < -0.39 is 55.7 Å². The Hall–Kier alpha value is -5.30. The van der Waals surface area contributed by atoms with Gasteiger partial charge >= 0.3 is 0 Å². The number of anilines is 1. The molecule has 0 aliphatic carbocycles. The molecule has 4 aromatic rings. The normalized spacial score (nSPS) is 11.9. The van der Waals surface area contributed by atoms with Gasteiger partial charge in [0.2, 0.25) is 11.8 Å². The quantitative estimate of drug-likeness (QED) is 0.139. The van der Waals surface area contributed by atoms with Gasteiger partial charge in [0, 0.05) is 30.6 Å². The van der Waals surface area contributed by atoms with Gasteiger partial charge in [-0.1, -0.05) is 48.5 Å². The number of hydrogen-bond acceptors (Lipinski definition) is 7. The highest BCUT2D eigenvalue weighted by Crippen LogP contribution is 2.30. The number of hydrogen-bond donors (Lipinski definition) is 1. The molecule has 4 aromatic carbocycles. The minimum Gasteiger partial charge on any atom is -0.497 e. The predicted octanol–water partition coefficient (Wildman–Crippen LogP) is 5.41. The largest absolute Gasteiger partial charge is 0.497 e. The van der Waals surface area contributed by atoms with E-state index in [1.807, 2.05) is 18.2 Å². The summed E-state index contributed by atoms with van der Waals surface area (Å²) in [5.41, 5.74) is 1.21. The first-order valence-electron chi connectivity index (χ1n) is 15.1. The zero-order chi connectivity index (χ0) is 35.0. The number of nitro groups is 1. The monoisotopic (exact) mass is 676 g/mol. The fraction of sp³-hybridized carbons (Fsp3) is 0.257. The lowest BCUT2D eigenvalue weighted by Crippen LogP contribution is -2.54. The van der Waals surface area contributed by atoms with Gasteiger partial charge in [0.1, 0.15) is 24.2 Å². The number of methoxy groups -OCH3 is 1. The van der Waals surface area contributed by atoms with Gasteiger partial charge in [0.25, 0.3) is 15.7 Å². The van der Waals surface area contributed by atoms with Crippen molar-refractivity contribution in [1.82, 2.24) is 10.2 Å². The molecule has 0 saturated heterocycles. The molecule has 11 nitrogen and oxygen atoms in total. The van der Waals surface area contributed by atoms with Crippen LogP contribution in [0.2, 0.25) is 0 Å². The van der Waals surface area contributed by atoms with Gasteiger partial charge in [-0.05, 0) is 74.4 Å². The highest BCUT2D eigenvalue weighted by molar-refractivity contribution is 7.92. The van der Waals surface area contributed by atoms with Crippen molar-refractivity contribution in [3.8, 4) is 5.75 Å². The number of rotatable bonds is 14. The van der Waals surface area contributed by atoms with Crippen LogP contribution in [0, 0.1) is 22.9 Å². The molecule has 48 heavy (non-hydrogen) atoms. The molecule has 0 spiro atoms.